The summed E-state index contributed by atoms with van der Waals surface area (Å²) in [4.78, 5) is 29.2. The number of nitrogens with zero attached hydrogens (tertiary/aromatic N) is 1. The molecule has 0 atom stereocenters. The zero-order valence-corrected chi connectivity index (χ0v) is 13.6. The maximum Gasteiger partial charge on any atom is 0.266 e. The first-order valence-electron chi connectivity index (χ1n) is 7.17. The van der Waals surface area contributed by atoms with Crippen LogP contribution >= 0.6 is 0 Å². The lowest BCUT2D eigenvalue weighted by molar-refractivity contribution is 0.101. The molecule has 0 spiro atoms. The summed E-state index contributed by atoms with van der Waals surface area (Å²) >= 11 is 0. The number of fused-ring (bicyclic) bond motifs is 1. The first kappa shape index (κ1) is 16.1. The minimum absolute atomic E-state index is 0.0619. The molecular weight excluding hydrogens is 328 g/mol. The van der Waals surface area contributed by atoms with E-state index in [4.69, 9.17) is 0 Å². The van der Waals surface area contributed by atoms with Crippen molar-refractivity contribution in [1.29, 1.82) is 0 Å². The molecule has 0 aliphatic rings. The first-order valence-corrected chi connectivity index (χ1v) is 8.83. The van der Waals surface area contributed by atoms with E-state index in [-0.39, 0.29) is 21.9 Å². The third kappa shape index (κ3) is 3.11. The van der Waals surface area contributed by atoms with Crippen LogP contribution in [0.2, 0.25) is 0 Å². The van der Waals surface area contributed by atoms with Crippen molar-refractivity contribution in [2.24, 2.45) is 0 Å². The fourth-order valence-electron chi connectivity index (χ4n) is 2.43. The summed E-state index contributed by atoms with van der Waals surface area (Å²) in [7, 11) is -3.66. The first-order chi connectivity index (χ1) is 11.4. The van der Waals surface area contributed by atoms with E-state index in [1.54, 1.807) is 36.4 Å². The summed E-state index contributed by atoms with van der Waals surface area (Å²) in [5, 5.41) is 0. The maximum atomic E-state index is 12.7. The Balaban J connectivity index is 2.02. The molecule has 1 aromatic heterocycles. The van der Waals surface area contributed by atoms with Crippen LogP contribution in [0, 0.1) is 0 Å². The fraction of sp³-hybridized carbons (Fsp3) is 0.118. The molecule has 24 heavy (non-hydrogen) atoms. The molecule has 6 nitrogen and oxygen atoms in total. The van der Waals surface area contributed by atoms with Crippen molar-refractivity contribution < 1.29 is 13.2 Å². The van der Waals surface area contributed by atoms with Gasteiger partial charge >= 0.3 is 0 Å². The molecule has 2 aromatic carbocycles. The van der Waals surface area contributed by atoms with E-state index in [9.17, 15) is 18.0 Å². The predicted molar refractivity (Wildman–Crippen MR) is 89.7 cm³/mol. The van der Waals surface area contributed by atoms with E-state index in [2.05, 4.69) is 9.97 Å². The van der Waals surface area contributed by atoms with Crippen molar-refractivity contribution in [1.82, 2.24) is 9.97 Å². The van der Waals surface area contributed by atoms with Crippen molar-refractivity contribution in [2.75, 3.05) is 0 Å². The number of aromatic amines is 1. The van der Waals surface area contributed by atoms with Crippen LogP contribution in [0.1, 0.15) is 22.8 Å². The van der Waals surface area contributed by atoms with E-state index in [0.29, 0.717) is 16.6 Å². The molecule has 0 amide bonds. The smallest absolute Gasteiger partial charge is 0.266 e. The van der Waals surface area contributed by atoms with Gasteiger partial charge in [-0.05, 0) is 24.6 Å². The van der Waals surface area contributed by atoms with E-state index in [0.717, 1.165) is 6.20 Å². The highest BCUT2D eigenvalue weighted by Crippen LogP contribution is 2.22. The number of sulfone groups is 1. The number of benzene rings is 2. The van der Waals surface area contributed by atoms with Gasteiger partial charge in [-0.25, -0.2) is 13.4 Å². The predicted octanol–water partition coefficient (Wildman–Crippen LogP) is 2.10. The maximum absolute atomic E-state index is 12.7. The highest BCUT2D eigenvalue weighted by Gasteiger charge is 2.19. The number of carbonyl (C=O) groups is 1. The molecule has 0 unspecified atom stereocenters. The van der Waals surface area contributed by atoms with Gasteiger partial charge in [-0.2, -0.15) is 0 Å². The Morgan fingerprint density at radius 1 is 1.12 bits per heavy atom. The second kappa shape index (κ2) is 6.01. The van der Waals surface area contributed by atoms with Gasteiger partial charge in [0.1, 0.15) is 5.52 Å². The Bertz CT molecular complexity index is 1080. The van der Waals surface area contributed by atoms with Gasteiger partial charge in [-0.3, -0.25) is 9.59 Å². The largest absolute Gasteiger partial charge is 0.319 e. The Morgan fingerprint density at radius 3 is 2.50 bits per heavy atom. The fourth-order valence-corrected chi connectivity index (χ4v) is 3.96. The number of carbonyl (C=O) groups excluding carboxylic acids is 1. The molecule has 0 aliphatic carbocycles. The molecule has 0 fully saturated rings. The van der Waals surface area contributed by atoms with E-state index >= 15 is 0 Å². The second-order valence-corrected chi connectivity index (χ2v) is 7.37. The van der Waals surface area contributed by atoms with Gasteiger partial charge in [0.2, 0.25) is 0 Å². The van der Waals surface area contributed by atoms with Crippen LogP contribution in [0.25, 0.3) is 11.0 Å². The lowest BCUT2D eigenvalue weighted by Crippen LogP contribution is -2.10. The van der Waals surface area contributed by atoms with Crippen LogP contribution in [0.15, 0.2) is 58.4 Å². The lowest BCUT2D eigenvalue weighted by Gasteiger charge is -2.08. The summed E-state index contributed by atoms with van der Waals surface area (Å²) in [6.45, 7) is 1.45. The summed E-state index contributed by atoms with van der Waals surface area (Å²) in [6, 6.07) is 11.1. The molecule has 7 heteroatoms. The average Bonchev–Trinajstić information content (AvgIpc) is 2.54. The van der Waals surface area contributed by atoms with Gasteiger partial charge < -0.3 is 4.98 Å². The zero-order chi connectivity index (χ0) is 17.3. The minimum Gasteiger partial charge on any atom is -0.319 e. The number of nitrogens with one attached hydrogen (secondary N) is 1. The second-order valence-electron chi connectivity index (χ2n) is 5.41. The quantitative estimate of drug-likeness (QED) is 0.732. The lowest BCUT2D eigenvalue weighted by atomic mass is 10.1. The molecule has 0 aliphatic heterocycles. The van der Waals surface area contributed by atoms with E-state index in [1.807, 2.05) is 0 Å². The Labute approximate surface area is 138 Å². The molecule has 0 saturated heterocycles. The highest BCUT2D eigenvalue weighted by atomic mass is 32.2. The van der Waals surface area contributed by atoms with Crippen LogP contribution in [-0.4, -0.2) is 24.2 Å². The number of ketones is 1. The topological polar surface area (TPSA) is 97.0 Å². The molecule has 3 rings (SSSR count). The van der Waals surface area contributed by atoms with Crippen LogP contribution in [0.5, 0.6) is 0 Å². The summed E-state index contributed by atoms with van der Waals surface area (Å²) in [5.74, 6) is -0.294. The van der Waals surface area contributed by atoms with Crippen molar-refractivity contribution in [3.8, 4) is 0 Å². The Kier molecular flexibility index (Phi) is 4.02. The summed E-state index contributed by atoms with van der Waals surface area (Å²) in [5.41, 5.74) is 1.31. The molecule has 0 radical (unpaired) electrons. The van der Waals surface area contributed by atoms with Gasteiger partial charge in [0, 0.05) is 5.56 Å². The van der Waals surface area contributed by atoms with Crippen molar-refractivity contribution in [2.45, 2.75) is 17.6 Å². The Morgan fingerprint density at radius 2 is 1.83 bits per heavy atom. The number of Topliss-reactive ketones (excluding diaryl/α,β-unsaturated/α-hetero) is 1. The molecular formula is C17H14N2O4S. The van der Waals surface area contributed by atoms with Gasteiger partial charge in [-0.1, -0.05) is 30.3 Å². The highest BCUT2D eigenvalue weighted by molar-refractivity contribution is 7.90. The molecule has 1 heterocycles. The normalized spacial score (nSPS) is 11.5. The molecule has 1 N–H and O–H groups in total. The molecule has 0 bridgehead atoms. The monoisotopic (exact) mass is 342 g/mol. The average molecular weight is 342 g/mol. The van der Waals surface area contributed by atoms with E-state index < -0.39 is 15.4 Å². The van der Waals surface area contributed by atoms with Gasteiger partial charge in [0.05, 0.1) is 22.4 Å². The summed E-state index contributed by atoms with van der Waals surface area (Å²) < 4.78 is 25.4. The van der Waals surface area contributed by atoms with Crippen molar-refractivity contribution >= 4 is 26.7 Å². The number of aromatic nitrogens is 2. The number of para-hydroxylation sites is 1. The van der Waals surface area contributed by atoms with Crippen LogP contribution in [0.4, 0.5) is 0 Å². The van der Waals surface area contributed by atoms with Crippen LogP contribution in [-0.2, 0) is 15.6 Å². The van der Waals surface area contributed by atoms with Gasteiger partial charge in [-0.15, -0.1) is 0 Å². The van der Waals surface area contributed by atoms with E-state index in [1.165, 1.54) is 13.0 Å². The molecule has 122 valence electrons. The molecule has 3 aromatic rings. The summed E-state index contributed by atoms with van der Waals surface area (Å²) in [6.07, 6.45) is 1.06. The zero-order valence-electron chi connectivity index (χ0n) is 12.8. The van der Waals surface area contributed by atoms with Crippen LogP contribution < -0.4 is 5.56 Å². The molecule has 0 saturated carbocycles. The third-order valence-corrected chi connectivity index (χ3v) is 5.33. The van der Waals surface area contributed by atoms with Gasteiger partial charge in [0.15, 0.2) is 15.6 Å². The standard InChI is InChI=1S/C17H14N2O4S/c1-11(20)13-7-5-12(6-8-13)10-24(22,23)15-4-2-3-14-17(15)18-9-16(21)19-14/h2-9H,10H2,1H3,(H,19,21). The number of H-pyrrole nitrogens is 1. The Hall–Kier alpha value is -2.80. The minimum atomic E-state index is -3.66. The van der Waals surface area contributed by atoms with Crippen LogP contribution in [0.3, 0.4) is 0 Å². The van der Waals surface area contributed by atoms with Crippen molar-refractivity contribution in [3.05, 3.63) is 70.1 Å². The number of hydrogen-bond acceptors (Lipinski definition) is 5. The third-order valence-electron chi connectivity index (χ3n) is 3.62. The number of hydrogen-bond donors (Lipinski definition) is 1. The van der Waals surface area contributed by atoms with Crippen molar-refractivity contribution in [3.63, 3.8) is 0 Å². The van der Waals surface area contributed by atoms with Gasteiger partial charge in [0.25, 0.3) is 5.56 Å². The SMILES string of the molecule is CC(=O)c1ccc(CS(=O)(=O)c2cccc3[nH]c(=O)cnc23)cc1. The number of rotatable bonds is 4.